The van der Waals surface area contributed by atoms with E-state index in [1.807, 2.05) is 35.7 Å². The number of hydrazone groups is 1. The second-order valence-electron chi connectivity index (χ2n) is 4.36. The molecular formula is C16H11ClN2O2S. The molecule has 2 heterocycles. The van der Waals surface area contributed by atoms with Gasteiger partial charge in [-0.3, -0.25) is 4.79 Å². The van der Waals surface area contributed by atoms with Crippen molar-refractivity contribution in [2.45, 2.75) is 0 Å². The third kappa shape index (κ3) is 3.27. The normalized spacial score (nSPS) is 11.0. The number of carbonyl (C=O) groups excluding carboxylic acids is 1. The van der Waals surface area contributed by atoms with Gasteiger partial charge in [-0.2, -0.15) is 5.10 Å². The van der Waals surface area contributed by atoms with Crippen molar-refractivity contribution in [2.24, 2.45) is 5.10 Å². The summed E-state index contributed by atoms with van der Waals surface area (Å²) < 4.78 is 5.64. The number of rotatable bonds is 4. The molecule has 22 heavy (non-hydrogen) atoms. The number of furan rings is 1. The van der Waals surface area contributed by atoms with Crippen LogP contribution in [0.1, 0.15) is 15.4 Å². The minimum atomic E-state index is -0.246. The quantitative estimate of drug-likeness (QED) is 0.568. The zero-order chi connectivity index (χ0) is 15.4. The zero-order valence-electron chi connectivity index (χ0n) is 11.3. The fraction of sp³-hybridized carbons (Fsp3) is 0. The average Bonchev–Trinajstić information content (AvgIpc) is 3.19. The molecule has 0 radical (unpaired) electrons. The Morgan fingerprint density at radius 2 is 2.05 bits per heavy atom. The summed E-state index contributed by atoms with van der Waals surface area (Å²) in [6.07, 6.45) is 1.45. The molecule has 0 aliphatic heterocycles. The monoisotopic (exact) mass is 330 g/mol. The number of halogens is 1. The number of nitrogens with one attached hydrogen (secondary N) is 1. The molecule has 0 spiro atoms. The summed E-state index contributed by atoms with van der Waals surface area (Å²) in [6.45, 7) is 0. The Hall–Kier alpha value is -2.37. The van der Waals surface area contributed by atoms with Gasteiger partial charge in [0.05, 0.1) is 16.1 Å². The number of thiophene rings is 1. The smallest absolute Gasteiger partial charge is 0.281 e. The lowest BCUT2D eigenvalue weighted by Crippen LogP contribution is -2.15. The van der Waals surface area contributed by atoms with E-state index in [4.69, 9.17) is 16.0 Å². The van der Waals surface area contributed by atoms with Gasteiger partial charge in [0.2, 0.25) is 0 Å². The van der Waals surface area contributed by atoms with Crippen LogP contribution in [0.5, 0.6) is 0 Å². The lowest BCUT2D eigenvalue weighted by molar-refractivity contribution is 0.0959. The van der Waals surface area contributed by atoms with Gasteiger partial charge >= 0.3 is 0 Å². The predicted molar refractivity (Wildman–Crippen MR) is 88.5 cm³/mol. The fourth-order valence-corrected chi connectivity index (χ4v) is 2.69. The molecule has 0 atom stereocenters. The molecule has 0 bridgehead atoms. The molecule has 0 unspecified atom stereocenters. The van der Waals surface area contributed by atoms with E-state index in [2.05, 4.69) is 10.5 Å². The van der Waals surface area contributed by atoms with Crippen LogP contribution < -0.4 is 5.43 Å². The van der Waals surface area contributed by atoms with Crippen molar-refractivity contribution >= 4 is 35.1 Å². The Kier molecular flexibility index (Phi) is 4.37. The maximum atomic E-state index is 11.7. The van der Waals surface area contributed by atoms with Crippen molar-refractivity contribution in [2.75, 3.05) is 0 Å². The molecule has 0 saturated carbocycles. The molecule has 2 aromatic heterocycles. The first-order valence-corrected chi connectivity index (χ1v) is 7.71. The lowest BCUT2D eigenvalue weighted by Gasteiger charge is -1.98. The highest BCUT2D eigenvalue weighted by Gasteiger charge is 2.07. The molecule has 0 saturated heterocycles. The number of amides is 1. The van der Waals surface area contributed by atoms with E-state index >= 15 is 0 Å². The molecule has 3 rings (SSSR count). The molecular weight excluding hydrogens is 320 g/mol. The highest BCUT2D eigenvalue weighted by molar-refractivity contribution is 7.12. The van der Waals surface area contributed by atoms with E-state index in [9.17, 15) is 4.79 Å². The molecule has 110 valence electrons. The number of hydrogen-bond acceptors (Lipinski definition) is 4. The van der Waals surface area contributed by atoms with Crippen molar-refractivity contribution in [1.82, 2.24) is 5.43 Å². The van der Waals surface area contributed by atoms with Gasteiger partial charge < -0.3 is 4.42 Å². The van der Waals surface area contributed by atoms with Gasteiger partial charge in [0.1, 0.15) is 11.5 Å². The van der Waals surface area contributed by atoms with Crippen molar-refractivity contribution in [1.29, 1.82) is 0 Å². The molecule has 1 amide bonds. The molecule has 0 fully saturated rings. The van der Waals surface area contributed by atoms with Crippen molar-refractivity contribution in [3.63, 3.8) is 0 Å². The largest absolute Gasteiger partial charge is 0.455 e. The van der Waals surface area contributed by atoms with Crippen LogP contribution in [0, 0.1) is 0 Å². The first-order valence-electron chi connectivity index (χ1n) is 6.46. The van der Waals surface area contributed by atoms with Gasteiger partial charge in [0, 0.05) is 5.56 Å². The second-order valence-corrected chi connectivity index (χ2v) is 5.71. The Balaban J connectivity index is 1.68. The maximum Gasteiger partial charge on any atom is 0.281 e. The highest BCUT2D eigenvalue weighted by atomic mass is 35.5. The summed E-state index contributed by atoms with van der Waals surface area (Å²) in [4.78, 5) is 12.3. The Bertz CT molecular complexity index is 809. The third-order valence-corrected chi connectivity index (χ3v) is 4.07. The first-order chi connectivity index (χ1) is 10.7. The standard InChI is InChI=1S/C16H11ClN2O2S/c17-13-5-2-1-4-12(13)14-8-7-11(21-14)10-18-19-16(20)15-6-3-9-22-15/h1-10H,(H,19,20)/b18-10+. The van der Waals surface area contributed by atoms with Gasteiger partial charge in [0.25, 0.3) is 5.91 Å². The van der Waals surface area contributed by atoms with Crippen LogP contribution in [0.4, 0.5) is 0 Å². The molecule has 3 aromatic rings. The Morgan fingerprint density at radius 1 is 1.18 bits per heavy atom. The molecule has 6 heteroatoms. The van der Waals surface area contributed by atoms with Crippen LogP contribution in [-0.2, 0) is 0 Å². The van der Waals surface area contributed by atoms with Crippen LogP contribution in [0.15, 0.2) is 63.4 Å². The predicted octanol–water partition coefficient (Wildman–Crippen LogP) is 4.43. The van der Waals surface area contributed by atoms with Crippen LogP contribution in [0.25, 0.3) is 11.3 Å². The molecule has 1 N–H and O–H groups in total. The van der Waals surface area contributed by atoms with Gasteiger partial charge in [-0.15, -0.1) is 11.3 Å². The molecule has 0 aliphatic rings. The number of nitrogens with zero attached hydrogens (tertiary/aromatic N) is 1. The maximum absolute atomic E-state index is 11.7. The van der Waals surface area contributed by atoms with Crippen LogP contribution in [0.2, 0.25) is 5.02 Å². The zero-order valence-corrected chi connectivity index (χ0v) is 12.9. The van der Waals surface area contributed by atoms with Crippen molar-refractivity contribution in [3.8, 4) is 11.3 Å². The summed E-state index contributed by atoms with van der Waals surface area (Å²) in [5, 5.41) is 6.33. The number of hydrogen-bond donors (Lipinski definition) is 1. The second kappa shape index (κ2) is 6.60. The number of benzene rings is 1. The first kappa shape index (κ1) is 14.6. The summed E-state index contributed by atoms with van der Waals surface area (Å²) in [7, 11) is 0. The number of carbonyl (C=O) groups is 1. The van der Waals surface area contributed by atoms with E-state index in [0.29, 0.717) is 21.4 Å². The van der Waals surface area contributed by atoms with Gasteiger partial charge in [-0.25, -0.2) is 5.43 Å². The lowest BCUT2D eigenvalue weighted by atomic mass is 10.2. The van der Waals surface area contributed by atoms with Crippen LogP contribution in [0.3, 0.4) is 0 Å². The minimum absolute atomic E-state index is 0.246. The molecule has 4 nitrogen and oxygen atoms in total. The van der Waals surface area contributed by atoms with Gasteiger partial charge in [-0.1, -0.05) is 29.8 Å². The topological polar surface area (TPSA) is 54.6 Å². The molecule has 1 aromatic carbocycles. The average molecular weight is 331 g/mol. The fourth-order valence-electron chi connectivity index (χ4n) is 1.85. The van der Waals surface area contributed by atoms with E-state index in [-0.39, 0.29) is 5.91 Å². The Morgan fingerprint density at radius 3 is 2.82 bits per heavy atom. The van der Waals surface area contributed by atoms with E-state index in [1.165, 1.54) is 17.6 Å². The summed E-state index contributed by atoms with van der Waals surface area (Å²) in [5.74, 6) is 0.933. The minimum Gasteiger partial charge on any atom is -0.455 e. The van der Waals surface area contributed by atoms with E-state index in [1.54, 1.807) is 18.2 Å². The highest BCUT2D eigenvalue weighted by Crippen LogP contribution is 2.28. The van der Waals surface area contributed by atoms with Crippen molar-refractivity contribution in [3.05, 3.63) is 69.6 Å². The van der Waals surface area contributed by atoms with E-state index < -0.39 is 0 Å². The van der Waals surface area contributed by atoms with Crippen molar-refractivity contribution < 1.29 is 9.21 Å². The summed E-state index contributed by atoms with van der Waals surface area (Å²) in [5.41, 5.74) is 3.26. The molecule has 0 aliphatic carbocycles. The van der Waals surface area contributed by atoms with Crippen LogP contribution >= 0.6 is 22.9 Å². The summed E-state index contributed by atoms with van der Waals surface area (Å²) in [6, 6.07) is 14.5. The summed E-state index contributed by atoms with van der Waals surface area (Å²) >= 11 is 7.48. The van der Waals surface area contributed by atoms with Gasteiger partial charge in [0.15, 0.2) is 0 Å². The third-order valence-electron chi connectivity index (χ3n) is 2.87. The van der Waals surface area contributed by atoms with Gasteiger partial charge in [-0.05, 0) is 35.7 Å². The van der Waals surface area contributed by atoms with Crippen LogP contribution in [-0.4, -0.2) is 12.1 Å². The SMILES string of the molecule is O=C(N/N=C/c1ccc(-c2ccccc2Cl)o1)c1cccs1. The Labute approximate surface area is 136 Å². The van der Waals surface area contributed by atoms with E-state index in [0.717, 1.165) is 5.56 Å².